The van der Waals surface area contributed by atoms with Crippen LogP contribution in [0.5, 0.6) is 5.75 Å². The number of ether oxygens (including phenoxy) is 1. The van der Waals surface area contributed by atoms with Crippen LogP contribution < -0.4 is 4.74 Å². The Hall–Kier alpha value is -1.07. The van der Waals surface area contributed by atoms with Gasteiger partial charge in [0.15, 0.2) is 0 Å². The lowest BCUT2D eigenvalue weighted by atomic mass is 9.99. The normalized spacial score (nSPS) is 12.8. The van der Waals surface area contributed by atoms with E-state index in [1.807, 2.05) is 12.1 Å². The van der Waals surface area contributed by atoms with Crippen LogP contribution in [-0.2, 0) is 23.0 Å². The SMILES string of the molecule is CCCCCCCCCc1cc(CCCCCCCCC)cc(OC(CC)S(=O)(=O)O)c1. The lowest BCUT2D eigenvalue weighted by Crippen LogP contribution is -2.26. The van der Waals surface area contributed by atoms with E-state index in [0.29, 0.717) is 5.75 Å². The Balaban J connectivity index is 2.67. The molecule has 0 bridgehead atoms. The summed E-state index contributed by atoms with van der Waals surface area (Å²) in [4.78, 5) is 0. The number of hydrogen-bond acceptors (Lipinski definition) is 3. The van der Waals surface area contributed by atoms with Gasteiger partial charge in [0.25, 0.3) is 0 Å². The van der Waals surface area contributed by atoms with Crippen LogP contribution in [0.4, 0.5) is 0 Å². The summed E-state index contributed by atoms with van der Waals surface area (Å²) in [6, 6.07) is 6.17. The second-order valence-electron chi connectivity index (χ2n) is 9.20. The van der Waals surface area contributed by atoms with Crippen LogP contribution in [0.25, 0.3) is 0 Å². The van der Waals surface area contributed by atoms with Gasteiger partial charge in [-0.1, -0.05) is 104 Å². The highest BCUT2D eigenvalue weighted by Crippen LogP contribution is 2.24. The number of benzene rings is 1. The lowest BCUT2D eigenvalue weighted by Gasteiger charge is -2.17. The molecule has 1 N–H and O–H groups in total. The van der Waals surface area contributed by atoms with Crippen LogP contribution in [0.1, 0.15) is 128 Å². The quantitative estimate of drug-likeness (QED) is 0.154. The van der Waals surface area contributed by atoms with Gasteiger partial charge in [-0.2, -0.15) is 8.42 Å². The molecule has 0 heterocycles. The third-order valence-electron chi connectivity index (χ3n) is 6.10. The van der Waals surface area contributed by atoms with Crippen LogP contribution >= 0.6 is 0 Å². The minimum Gasteiger partial charge on any atom is -0.472 e. The van der Waals surface area contributed by atoms with Gasteiger partial charge in [-0.05, 0) is 55.4 Å². The number of hydrogen-bond donors (Lipinski definition) is 1. The van der Waals surface area contributed by atoms with Crippen molar-refractivity contribution in [3.05, 3.63) is 29.3 Å². The molecule has 0 saturated carbocycles. The molecule has 0 fully saturated rings. The van der Waals surface area contributed by atoms with Gasteiger partial charge in [-0.3, -0.25) is 4.55 Å². The van der Waals surface area contributed by atoms with Crippen LogP contribution in [0.2, 0.25) is 0 Å². The van der Waals surface area contributed by atoms with Crippen molar-refractivity contribution in [2.45, 2.75) is 135 Å². The predicted molar refractivity (Wildman–Crippen MR) is 136 cm³/mol. The summed E-state index contributed by atoms with van der Waals surface area (Å²) in [6.07, 6.45) is 20.0. The summed E-state index contributed by atoms with van der Waals surface area (Å²) < 4.78 is 38.4. The van der Waals surface area contributed by atoms with Gasteiger partial charge in [0, 0.05) is 0 Å². The van der Waals surface area contributed by atoms with Gasteiger partial charge >= 0.3 is 10.1 Å². The molecule has 1 rings (SSSR count). The maximum Gasteiger partial charge on any atom is 0.303 e. The van der Waals surface area contributed by atoms with Crippen LogP contribution in [0.3, 0.4) is 0 Å². The maximum absolute atomic E-state index is 11.6. The van der Waals surface area contributed by atoms with Gasteiger partial charge in [-0.25, -0.2) is 0 Å². The Morgan fingerprint density at radius 2 is 1.09 bits per heavy atom. The molecular weight excluding hydrogens is 420 g/mol. The molecule has 1 unspecified atom stereocenters. The summed E-state index contributed by atoms with van der Waals surface area (Å²) >= 11 is 0. The minimum atomic E-state index is -4.23. The predicted octanol–water partition coefficient (Wildman–Crippen LogP) is 8.28. The molecule has 0 aromatic heterocycles. The summed E-state index contributed by atoms with van der Waals surface area (Å²) in [5.74, 6) is 0.563. The molecular formula is C27H48O4S. The molecule has 1 atom stereocenters. The molecule has 4 nitrogen and oxygen atoms in total. The zero-order valence-electron chi connectivity index (χ0n) is 20.9. The number of unbranched alkanes of at least 4 members (excludes halogenated alkanes) is 12. The third-order valence-corrected chi connectivity index (χ3v) is 7.19. The van der Waals surface area contributed by atoms with Gasteiger partial charge in [0.1, 0.15) is 5.75 Å². The summed E-state index contributed by atoms with van der Waals surface area (Å²) in [5, 5.41) is 0. The van der Waals surface area contributed by atoms with E-state index in [1.165, 1.54) is 88.2 Å². The Kier molecular flexibility index (Phi) is 15.8. The molecule has 32 heavy (non-hydrogen) atoms. The van der Waals surface area contributed by atoms with E-state index in [9.17, 15) is 13.0 Å². The van der Waals surface area contributed by atoms with Gasteiger partial charge < -0.3 is 4.74 Å². The van der Waals surface area contributed by atoms with Crippen molar-refractivity contribution in [1.82, 2.24) is 0 Å². The Bertz CT molecular complexity index is 663. The molecule has 0 aliphatic rings. The molecule has 0 aliphatic heterocycles. The second-order valence-corrected chi connectivity index (χ2v) is 10.8. The average molecular weight is 469 g/mol. The van der Waals surface area contributed by atoms with E-state index >= 15 is 0 Å². The highest BCUT2D eigenvalue weighted by molar-refractivity contribution is 7.86. The van der Waals surface area contributed by atoms with Crippen molar-refractivity contribution in [2.24, 2.45) is 0 Å². The van der Waals surface area contributed by atoms with E-state index in [2.05, 4.69) is 19.9 Å². The van der Waals surface area contributed by atoms with E-state index in [-0.39, 0.29) is 6.42 Å². The first-order valence-corrected chi connectivity index (χ1v) is 14.7. The van der Waals surface area contributed by atoms with Crippen molar-refractivity contribution in [1.29, 1.82) is 0 Å². The maximum atomic E-state index is 11.6. The van der Waals surface area contributed by atoms with Crippen molar-refractivity contribution in [2.75, 3.05) is 0 Å². The fourth-order valence-corrected chi connectivity index (χ4v) is 4.82. The Morgan fingerprint density at radius 1 is 0.688 bits per heavy atom. The smallest absolute Gasteiger partial charge is 0.303 e. The van der Waals surface area contributed by atoms with E-state index < -0.39 is 15.6 Å². The first-order chi connectivity index (χ1) is 15.4. The first-order valence-electron chi connectivity index (χ1n) is 13.2. The highest BCUT2D eigenvalue weighted by atomic mass is 32.2. The summed E-state index contributed by atoms with van der Waals surface area (Å²) in [6.45, 7) is 6.19. The van der Waals surface area contributed by atoms with Crippen LogP contribution in [0.15, 0.2) is 18.2 Å². The fraction of sp³-hybridized carbons (Fsp3) is 0.778. The lowest BCUT2D eigenvalue weighted by molar-refractivity contribution is 0.252. The summed E-state index contributed by atoms with van der Waals surface area (Å²) in [5.41, 5.74) is 1.21. The molecule has 0 amide bonds. The molecule has 0 aliphatic carbocycles. The van der Waals surface area contributed by atoms with Crippen molar-refractivity contribution in [3.8, 4) is 5.75 Å². The molecule has 0 spiro atoms. The number of rotatable bonds is 20. The second kappa shape index (κ2) is 17.4. The average Bonchev–Trinajstić information content (AvgIpc) is 2.75. The van der Waals surface area contributed by atoms with E-state index in [1.54, 1.807) is 6.92 Å². The van der Waals surface area contributed by atoms with Crippen molar-refractivity contribution in [3.63, 3.8) is 0 Å². The van der Waals surface area contributed by atoms with Gasteiger partial charge in [0.05, 0.1) is 0 Å². The standard InChI is InChI=1S/C27H48O4S/c1-4-7-9-11-13-15-17-19-24-21-25(20-18-16-14-12-10-8-5-2)23-26(22-24)31-27(6-3)32(28,29)30/h21-23,27H,4-20H2,1-3H3,(H,28,29,30). The monoisotopic (exact) mass is 468 g/mol. The topological polar surface area (TPSA) is 63.6 Å². The van der Waals surface area contributed by atoms with Gasteiger partial charge in [-0.15, -0.1) is 0 Å². The molecule has 5 heteroatoms. The van der Waals surface area contributed by atoms with E-state index in [4.69, 9.17) is 4.74 Å². The molecule has 0 saturated heterocycles. The third kappa shape index (κ3) is 13.5. The fourth-order valence-electron chi connectivity index (χ4n) is 4.16. The summed E-state index contributed by atoms with van der Waals surface area (Å²) in [7, 11) is -4.23. The number of aryl methyl sites for hydroxylation is 2. The Labute approximate surface area is 198 Å². The molecule has 1 aromatic carbocycles. The molecule has 186 valence electrons. The molecule has 0 radical (unpaired) electrons. The first kappa shape index (κ1) is 29.0. The van der Waals surface area contributed by atoms with Crippen LogP contribution in [-0.4, -0.2) is 18.4 Å². The van der Waals surface area contributed by atoms with Crippen LogP contribution in [0, 0.1) is 0 Å². The largest absolute Gasteiger partial charge is 0.472 e. The van der Waals surface area contributed by atoms with Crippen molar-refractivity contribution < 1.29 is 17.7 Å². The zero-order valence-corrected chi connectivity index (χ0v) is 21.7. The van der Waals surface area contributed by atoms with Gasteiger partial charge in [0.2, 0.25) is 5.44 Å². The zero-order chi connectivity index (χ0) is 23.7. The highest BCUT2D eigenvalue weighted by Gasteiger charge is 2.23. The minimum absolute atomic E-state index is 0.216. The van der Waals surface area contributed by atoms with E-state index in [0.717, 1.165) is 25.7 Å². The Morgan fingerprint density at radius 3 is 1.47 bits per heavy atom. The van der Waals surface area contributed by atoms with Crippen molar-refractivity contribution >= 4 is 10.1 Å². The molecule has 1 aromatic rings.